The predicted octanol–water partition coefficient (Wildman–Crippen LogP) is 4.17. The first kappa shape index (κ1) is 21.4. The highest BCUT2D eigenvalue weighted by molar-refractivity contribution is 5.11. The summed E-state index contributed by atoms with van der Waals surface area (Å²) in [5.41, 5.74) is 1.02. The lowest BCUT2D eigenvalue weighted by molar-refractivity contribution is -0.151. The van der Waals surface area contributed by atoms with Gasteiger partial charge >= 0.3 is 0 Å². The molecule has 6 fully saturated rings. The van der Waals surface area contributed by atoms with E-state index >= 15 is 0 Å². The quantitative estimate of drug-likeness (QED) is 0.713. The number of ether oxygens (including phenoxy) is 1. The van der Waals surface area contributed by atoms with E-state index in [-0.39, 0.29) is 6.10 Å². The summed E-state index contributed by atoms with van der Waals surface area (Å²) in [5.74, 6) is 3.51. The number of morpholine rings is 1. The molecule has 4 aliphatic carbocycles. The van der Waals surface area contributed by atoms with Crippen molar-refractivity contribution in [3.63, 3.8) is 0 Å². The lowest BCUT2D eigenvalue weighted by atomic mass is 9.44. The molecule has 4 nitrogen and oxygen atoms in total. The lowest BCUT2D eigenvalue weighted by Crippen LogP contribution is -2.60. The van der Waals surface area contributed by atoms with Crippen LogP contribution < -0.4 is 0 Å². The standard InChI is InChI=1S/C27H46N2O2/c1-26-8-7-22-21(23(26)16-20(17-26)28-9-3-4-10-28)6-5-19-15-25(30)24(18-27(19,22)2)29-11-13-31-14-12-29/h19-25,30H,3-18H2,1-2H3/t19?,20?,21-,22-,23+,24?,25?,26-,27+/m1/s1. The van der Waals surface area contributed by atoms with Crippen LogP contribution in [-0.2, 0) is 4.74 Å². The Morgan fingerprint density at radius 3 is 2.39 bits per heavy atom. The summed E-state index contributed by atoms with van der Waals surface area (Å²) in [4.78, 5) is 5.43. The van der Waals surface area contributed by atoms with Gasteiger partial charge in [0.1, 0.15) is 0 Å². The number of likely N-dealkylation sites (tertiary alicyclic amines) is 1. The van der Waals surface area contributed by atoms with Crippen molar-refractivity contribution in [2.75, 3.05) is 39.4 Å². The van der Waals surface area contributed by atoms with Gasteiger partial charge in [0.15, 0.2) is 0 Å². The predicted molar refractivity (Wildman–Crippen MR) is 124 cm³/mol. The molecule has 2 heterocycles. The van der Waals surface area contributed by atoms with E-state index in [1.54, 1.807) is 0 Å². The number of hydrogen-bond donors (Lipinski definition) is 1. The molecule has 4 unspecified atom stereocenters. The fraction of sp³-hybridized carbons (Fsp3) is 1.00. The molecule has 2 aliphatic heterocycles. The number of aliphatic hydroxyl groups excluding tert-OH is 1. The number of aliphatic hydroxyl groups is 1. The van der Waals surface area contributed by atoms with E-state index in [4.69, 9.17) is 4.74 Å². The molecule has 6 aliphatic rings. The Balaban J connectivity index is 1.23. The van der Waals surface area contributed by atoms with Crippen LogP contribution >= 0.6 is 0 Å². The van der Waals surface area contributed by atoms with E-state index in [0.717, 1.165) is 62.4 Å². The zero-order chi connectivity index (χ0) is 21.2. The molecule has 176 valence electrons. The normalized spacial score (nSPS) is 53.7. The van der Waals surface area contributed by atoms with Gasteiger partial charge in [-0.15, -0.1) is 0 Å². The molecule has 0 spiro atoms. The second kappa shape index (κ2) is 7.96. The topological polar surface area (TPSA) is 35.9 Å². The minimum absolute atomic E-state index is 0.132. The van der Waals surface area contributed by atoms with Crippen molar-refractivity contribution in [2.24, 2.45) is 34.5 Å². The van der Waals surface area contributed by atoms with E-state index in [9.17, 15) is 5.11 Å². The van der Waals surface area contributed by atoms with Crippen LogP contribution in [0.15, 0.2) is 0 Å². The Morgan fingerprint density at radius 2 is 1.61 bits per heavy atom. The minimum Gasteiger partial charge on any atom is -0.391 e. The highest BCUT2D eigenvalue weighted by Crippen LogP contribution is 2.66. The molecular formula is C27H46N2O2. The van der Waals surface area contributed by atoms with Crippen molar-refractivity contribution < 1.29 is 9.84 Å². The van der Waals surface area contributed by atoms with E-state index in [0.29, 0.717) is 16.9 Å². The van der Waals surface area contributed by atoms with Crippen LogP contribution in [0.25, 0.3) is 0 Å². The smallest absolute Gasteiger partial charge is 0.0698 e. The van der Waals surface area contributed by atoms with E-state index in [2.05, 4.69) is 23.6 Å². The average molecular weight is 431 g/mol. The third-order valence-electron chi connectivity index (χ3n) is 11.6. The molecule has 0 aromatic rings. The van der Waals surface area contributed by atoms with Gasteiger partial charge in [0.25, 0.3) is 0 Å². The van der Waals surface area contributed by atoms with Crippen LogP contribution in [-0.4, -0.2) is 72.5 Å². The molecule has 0 bridgehead atoms. The number of fused-ring (bicyclic) bond motifs is 5. The van der Waals surface area contributed by atoms with Gasteiger partial charge in [-0.1, -0.05) is 13.8 Å². The second-order valence-electron chi connectivity index (χ2n) is 12.9. The third kappa shape index (κ3) is 3.45. The molecule has 4 saturated carbocycles. The summed E-state index contributed by atoms with van der Waals surface area (Å²) in [6, 6.07) is 1.23. The van der Waals surface area contributed by atoms with Gasteiger partial charge in [-0.3, -0.25) is 4.90 Å². The van der Waals surface area contributed by atoms with Crippen LogP contribution in [0.3, 0.4) is 0 Å². The molecule has 0 aromatic heterocycles. The van der Waals surface area contributed by atoms with Crippen LogP contribution in [0.4, 0.5) is 0 Å². The van der Waals surface area contributed by atoms with Crippen molar-refractivity contribution >= 4 is 0 Å². The fourth-order valence-electron chi connectivity index (χ4n) is 9.96. The number of rotatable bonds is 2. The van der Waals surface area contributed by atoms with Gasteiger partial charge in [-0.25, -0.2) is 0 Å². The van der Waals surface area contributed by atoms with Gasteiger partial charge < -0.3 is 14.7 Å². The number of hydrogen-bond acceptors (Lipinski definition) is 4. The van der Waals surface area contributed by atoms with Gasteiger partial charge in [0.05, 0.1) is 19.3 Å². The van der Waals surface area contributed by atoms with Gasteiger partial charge in [0, 0.05) is 25.2 Å². The molecule has 1 N–H and O–H groups in total. The first-order chi connectivity index (χ1) is 15.0. The summed E-state index contributed by atoms with van der Waals surface area (Å²) in [6.07, 6.45) is 13.6. The van der Waals surface area contributed by atoms with Crippen LogP contribution in [0.5, 0.6) is 0 Å². The van der Waals surface area contributed by atoms with Crippen molar-refractivity contribution in [3.05, 3.63) is 0 Å². The summed E-state index contributed by atoms with van der Waals surface area (Å²) in [7, 11) is 0. The van der Waals surface area contributed by atoms with E-state index in [1.165, 1.54) is 70.9 Å². The average Bonchev–Trinajstić information content (AvgIpc) is 3.42. The molecule has 31 heavy (non-hydrogen) atoms. The largest absolute Gasteiger partial charge is 0.391 e. The monoisotopic (exact) mass is 430 g/mol. The highest BCUT2D eigenvalue weighted by atomic mass is 16.5. The highest BCUT2D eigenvalue weighted by Gasteiger charge is 2.61. The van der Waals surface area contributed by atoms with Crippen LogP contribution in [0.2, 0.25) is 0 Å². The van der Waals surface area contributed by atoms with Gasteiger partial charge in [-0.05, 0) is 112 Å². The molecule has 6 rings (SSSR count). The fourth-order valence-corrected chi connectivity index (χ4v) is 9.96. The molecule has 9 atom stereocenters. The first-order valence-electron chi connectivity index (χ1n) is 13.7. The maximum absolute atomic E-state index is 11.1. The molecule has 0 radical (unpaired) electrons. The Labute approximate surface area is 190 Å². The van der Waals surface area contributed by atoms with Crippen LogP contribution in [0.1, 0.15) is 78.1 Å². The summed E-state index contributed by atoms with van der Waals surface area (Å²) in [5, 5.41) is 11.1. The summed E-state index contributed by atoms with van der Waals surface area (Å²) in [6.45, 7) is 11.7. The SMILES string of the molecule is C[C@]12CC[C@@H]3[C@@H](CCC4CC(O)C(N5CCOCC5)C[C@@]43C)[C@@H]1CC(N1CCCC1)C2. The third-order valence-corrected chi connectivity index (χ3v) is 11.6. The Hall–Kier alpha value is -0.160. The number of nitrogens with zero attached hydrogens (tertiary/aromatic N) is 2. The summed E-state index contributed by atoms with van der Waals surface area (Å²) >= 11 is 0. The van der Waals surface area contributed by atoms with Crippen LogP contribution in [0, 0.1) is 34.5 Å². The first-order valence-corrected chi connectivity index (χ1v) is 13.7. The minimum atomic E-state index is -0.132. The molecule has 0 aromatic carbocycles. The molecule has 0 amide bonds. The maximum Gasteiger partial charge on any atom is 0.0698 e. The van der Waals surface area contributed by atoms with Crippen molar-refractivity contribution in [1.29, 1.82) is 0 Å². The summed E-state index contributed by atoms with van der Waals surface area (Å²) < 4.78 is 5.63. The molecule has 4 heteroatoms. The molecule has 2 saturated heterocycles. The van der Waals surface area contributed by atoms with Crippen molar-refractivity contribution in [2.45, 2.75) is 96.2 Å². The Bertz CT molecular complexity index is 660. The Kier molecular flexibility index (Phi) is 5.49. The lowest BCUT2D eigenvalue weighted by Gasteiger charge is -2.62. The Morgan fingerprint density at radius 1 is 0.839 bits per heavy atom. The van der Waals surface area contributed by atoms with Crippen molar-refractivity contribution in [1.82, 2.24) is 9.80 Å². The van der Waals surface area contributed by atoms with Crippen molar-refractivity contribution in [3.8, 4) is 0 Å². The van der Waals surface area contributed by atoms with E-state index in [1.807, 2.05) is 0 Å². The van der Waals surface area contributed by atoms with Gasteiger partial charge in [-0.2, -0.15) is 0 Å². The molecular weight excluding hydrogens is 384 g/mol. The van der Waals surface area contributed by atoms with Gasteiger partial charge in [0.2, 0.25) is 0 Å². The maximum atomic E-state index is 11.1. The van der Waals surface area contributed by atoms with E-state index < -0.39 is 0 Å². The zero-order valence-corrected chi connectivity index (χ0v) is 20.1. The zero-order valence-electron chi connectivity index (χ0n) is 20.1. The second-order valence-corrected chi connectivity index (χ2v) is 12.9.